The van der Waals surface area contributed by atoms with E-state index in [1.54, 1.807) is 0 Å². The molecular formula is C14H31Cl2NO. The monoisotopic (exact) mass is 299 g/mol. The van der Waals surface area contributed by atoms with Crippen LogP contribution in [0.15, 0.2) is 0 Å². The van der Waals surface area contributed by atoms with E-state index in [9.17, 15) is 5.11 Å². The van der Waals surface area contributed by atoms with Crippen LogP contribution < -0.4 is 12.4 Å². The van der Waals surface area contributed by atoms with Crippen molar-refractivity contribution in [2.24, 2.45) is 0 Å². The maximum Gasteiger partial charge on any atom is 0.116 e. The molecule has 0 aliphatic rings. The van der Waals surface area contributed by atoms with E-state index >= 15 is 0 Å². The van der Waals surface area contributed by atoms with Crippen molar-refractivity contribution in [2.75, 3.05) is 32.1 Å². The molecule has 0 spiro atoms. The smallest absolute Gasteiger partial charge is 0.116 e. The van der Waals surface area contributed by atoms with Gasteiger partial charge in [-0.25, -0.2) is 0 Å². The molecular weight excluding hydrogens is 269 g/mol. The van der Waals surface area contributed by atoms with Crippen LogP contribution in [0, 0.1) is 0 Å². The maximum atomic E-state index is 9.75. The summed E-state index contributed by atoms with van der Waals surface area (Å²) < 4.78 is 1.01. The van der Waals surface area contributed by atoms with Gasteiger partial charge in [-0.1, -0.05) is 26.2 Å². The summed E-state index contributed by atoms with van der Waals surface area (Å²) in [4.78, 5) is 0. The van der Waals surface area contributed by atoms with Gasteiger partial charge in [0.2, 0.25) is 0 Å². The fourth-order valence-corrected chi connectivity index (χ4v) is 2.53. The van der Waals surface area contributed by atoms with Gasteiger partial charge in [-0.2, -0.15) is 0 Å². The molecule has 0 aliphatic heterocycles. The van der Waals surface area contributed by atoms with Gasteiger partial charge >= 0.3 is 0 Å². The van der Waals surface area contributed by atoms with Crippen molar-refractivity contribution in [1.29, 1.82) is 0 Å². The van der Waals surface area contributed by atoms with Crippen LogP contribution in [0.25, 0.3) is 0 Å². The van der Waals surface area contributed by atoms with E-state index in [0.29, 0.717) is 5.88 Å². The lowest BCUT2D eigenvalue weighted by Gasteiger charge is -2.38. The highest BCUT2D eigenvalue weighted by Gasteiger charge is 2.25. The first kappa shape index (κ1) is 20.8. The summed E-state index contributed by atoms with van der Waals surface area (Å²) in [6, 6.07) is 0. The molecule has 0 saturated heterocycles. The molecule has 112 valence electrons. The van der Waals surface area contributed by atoms with Crippen LogP contribution in [0.5, 0.6) is 0 Å². The number of aliphatic hydroxyl groups excluding tert-OH is 1. The van der Waals surface area contributed by atoms with Gasteiger partial charge in [-0.15, -0.1) is 11.6 Å². The second-order valence-electron chi connectivity index (χ2n) is 5.10. The second-order valence-corrected chi connectivity index (χ2v) is 5.41. The van der Waals surface area contributed by atoms with Gasteiger partial charge in [-0.3, -0.25) is 0 Å². The van der Waals surface area contributed by atoms with E-state index in [1.807, 2.05) is 0 Å². The molecule has 0 aromatic carbocycles. The van der Waals surface area contributed by atoms with Gasteiger partial charge in [0, 0.05) is 0 Å². The Labute approximate surface area is 125 Å². The Balaban J connectivity index is 0. The summed E-state index contributed by atoms with van der Waals surface area (Å²) in [5.74, 6) is 0.357. The molecule has 0 fully saturated rings. The number of unbranched alkanes of at least 4 members (excludes halogenated alkanes) is 4. The van der Waals surface area contributed by atoms with E-state index in [2.05, 4.69) is 20.8 Å². The predicted molar refractivity (Wildman–Crippen MR) is 76.6 cm³/mol. The van der Waals surface area contributed by atoms with Crippen LogP contribution in [-0.2, 0) is 0 Å². The lowest BCUT2D eigenvalue weighted by atomic mass is 10.1. The molecule has 0 amide bonds. The van der Waals surface area contributed by atoms with Crippen LogP contribution in [0.4, 0.5) is 0 Å². The Morgan fingerprint density at radius 1 is 1.00 bits per heavy atom. The largest absolute Gasteiger partial charge is 1.00 e. The summed E-state index contributed by atoms with van der Waals surface area (Å²) in [6.45, 7) is 10.9. The van der Waals surface area contributed by atoms with Crippen molar-refractivity contribution in [2.45, 2.75) is 59.0 Å². The van der Waals surface area contributed by atoms with Crippen molar-refractivity contribution >= 4 is 11.6 Å². The summed E-state index contributed by atoms with van der Waals surface area (Å²) >= 11 is 5.71. The van der Waals surface area contributed by atoms with Gasteiger partial charge < -0.3 is 22.0 Å². The zero-order valence-electron chi connectivity index (χ0n) is 12.3. The van der Waals surface area contributed by atoms with E-state index in [4.69, 9.17) is 11.6 Å². The standard InChI is InChI=1S/C14H31ClNO.ClH/c1-4-7-8-9-10-11-16(5-2,6-3)13-14(17)12-15;/h14,17H,4-13H2,1-3H3;1H/q+1;/p-1. The normalized spacial score (nSPS) is 13.2. The molecule has 1 N–H and O–H groups in total. The van der Waals surface area contributed by atoms with Crippen molar-refractivity contribution in [1.82, 2.24) is 0 Å². The zero-order valence-corrected chi connectivity index (χ0v) is 13.8. The third kappa shape index (κ3) is 8.58. The number of hydrogen-bond donors (Lipinski definition) is 1. The van der Waals surface area contributed by atoms with Crippen molar-refractivity contribution in [3.8, 4) is 0 Å². The highest BCUT2D eigenvalue weighted by Crippen LogP contribution is 2.13. The van der Waals surface area contributed by atoms with Gasteiger partial charge in [0.15, 0.2) is 0 Å². The molecule has 0 bridgehead atoms. The van der Waals surface area contributed by atoms with Crippen LogP contribution in [0.1, 0.15) is 52.9 Å². The van der Waals surface area contributed by atoms with Crippen molar-refractivity contribution in [3.63, 3.8) is 0 Å². The van der Waals surface area contributed by atoms with E-state index in [-0.39, 0.29) is 18.5 Å². The molecule has 4 heteroatoms. The topological polar surface area (TPSA) is 20.2 Å². The molecule has 0 radical (unpaired) electrons. The van der Waals surface area contributed by atoms with Crippen LogP contribution in [0.2, 0.25) is 0 Å². The van der Waals surface area contributed by atoms with E-state index in [0.717, 1.165) is 24.1 Å². The third-order valence-corrected chi connectivity index (χ3v) is 4.21. The summed E-state index contributed by atoms with van der Waals surface area (Å²) in [7, 11) is 0. The molecule has 2 nitrogen and oxygen atoms in total. The highest BCUT2D eigenvalue weighted by atomic mass is 35.5. The minimum atomic E-state index is -0.354. The van der Waals surface area contributed by atoms with Crippen molar-refractivity contribution in [3.05, 3.63) is 0 Å². The molecule has 0 rings (SSSR count). The van der Waals surface area contributed by atoms with Crippen LogP contribution >= 0.6 is 11.6 Å². The molecule has 1 unspecified atom stereocenters. The van der Waals surface area contributed by atoms with Crippen LogP contribution in [-0.4, -0.2) is 47.8 Å². The maximum absolute atomic E-state index is 9.75. The summed E-state index contributed by atoms with van der Waals surface area (Å²) in [6.07, 6.45) is 6.24. The molecule has 0 aromatic rings. The quantitative estimate of drug-likeness (QED) is 0.333. The molecule has 0 heterocycles. The van der Waals surface area contributed by atoms with Gasteiger partial charge in [-0.05, 0) is 26.7 Å². The van der Waals surface area contributed by atoms with Crippen molar-refractivity contribution < 1.29 is 22.0 Å². The number of aliphatic hydroxyl groups is 1. The predicted octanol–water partition coefficient (Wildman–Crippen LogP) is 0.417. The number of hydrogen-bond acceptors (Lipinski definition) is 1. The fraction of sp³-hybridized carbons (Fsp3) is 1.00. The Morgan fingerprint density at radius 2 is 1.56 bits per heavy atom. The minimum absolute atomic E-state index is 0. The number of halogens is 2. The minimum Gasteiger partial charge on any atom is -1.00 e. The number of likely N-dealkylation sites (N-methyl/N-ethyl adjacent to an activating group) is 1. The number of alkyl halides is 1. The zero-order chi connectivity index (χ0) is 13.1. The Kier molecular flexibility index (Phi) is 14.5. The lowest BCUT2D eigenvalue weighted by molar-refractivity contribution is -0.927. The lowest BCUT2D eigenvalue weighted by Crippen LogP contribution is -3.00. The average molecular weight is 300 g/mol. The van der Waals surface area contributed by atoms with Gasteiger partial charge in [0.1, 0.15) is 12.6 Å². The first-order valence-electron chi connectivity index (χ1n) is 7.23. The molecule has 0 aliphatic carbocycles. The third-order valence-electron chi connectivity index (χ3n) is 3.85. The fourth-order valence-electron chi connectivity index (χ4n) is 2.44. The first-order valence-corrected chi connectivity index (χ1v) is 7.76. The van der Waals surface area contributed by atoms with E-state index in [1.165, 1.54) is 38.6 Å². The Bertz CT molecular complexity index is 175. The number of quaternary nitrogens is 1. The average Bonchev–Trinajstić information content (AvgIpc) is 2.37. The van der Waals surface area contributed by atoms with Crippen LogP contribution in [0.3, 0.4) is 0 Å². The molecule has 0 aromatic heterocycles. The summed E-state index contributed by atoms with van der Waals surface area (Å²) in [5, 5.41) is 9.75. The van der Waals surface area contributed by atoms with E-state index < -0.39 is 0 Å². The first-order chi connectivity index (χ1) is 8.14. The SMILES string of the molecule is CCCCCCC[N+](CC)(CC)CC(O)CCl.[Cl-]. The molecule has 18 heavy (non-hydrogen) atoms. The number of rotatable bonds is 11. The van der Waals surface area contributed by atoms with Gasteiger partial charge in [0.05, 0.1) is 25.5 Å². The highest BCUT2D eigenvalue weighted by molar-refractivity contribution is 6.18. The second kappa shape index (κ2) is 12.5. The van der Waals surface area contributed by atoms with Gasteiger partial charge in [0.25, 0.3) is 0 Å². The Morgan fingerprint density at radius 3 is 2.00 bits per heavy atom. The Hall–Kier alpha value is 0.500. The number of nitrogens with zero attached hydrogens (tertiary/aromatic N) is 1. The molecule has 0 saturated carbocycles. The summed E-state index contributed by atoms with van der Waals surface area (Å²) in [5.41, 5.74) is 0. The molecule has 1 atom stereocenters.